The fourth-order valence-electron chi connectivity index (χ4n) is 2.24. The largest absolute Gasteiger partial charge is 0.324 e. The fourth-order valence-corrected chi connectivity index (χ4v) is 3.20. The van der Waals surface area contributed by atoms with Crippen LogP contribution in [-0.4, -0.2) is 15.5 Å². The van der Waals surface area contributed by atoms with E-state index in [0.29, 0.717) is 20.9 Å². The highest BCUT2D eigenvalue weighted by molar-refractivity contribution is 7.18. The maximum atomic E-state index is 12.5. The molecule has 0 fully saturated rings. The van der Waals surface area contributed by atoms with Crippen molar-refractivity contribution >= 4 is 44.7 Å². The van der Waals surface area contributed by atoms with E-state index in [9.17, 15) is 9.59 Å². The lowest BCUT2D eigenvalue weighted by atomic mass is 10.2. The van der Waals surface area contributed by atoms with Gasteiger partial charge in [0, 0.05) is 15.6 Å². The van der Waals surface area contributed by atoms with E-state index < -0.39 is 6.04 Å². The molecule has 0 bridgehead atoms. The maximum absolute atomic E-state index is 12.5. The van der Waals surface area contributed by atoms with Crippen LogP contribution in [0.4, 0.5) is 5.69 Å². The first-order valence-corrected chi connectivity index (χ1v) is 8.19. The Morgan fingerprint density at radius 3 is 2.74 bits per heavy atom. The highest BCUT2D eigenvalue weighted by Gasteiger charge is 2.18. The molecule has 1 amide bonds. The molecule has 0 radical (unpaired) electrons. The van der Waals surface area contributed by atoms with Gasteiger partial charge in [-0.15, -0.1) is 11.3 Å². The predicted molar refractivity (Wildman–Crippen MR) is 93.4 cm³/mol. The van der Waals surface area contributed by atoms with Gasteiger partial charge in [0.05, 0.1) is 11.7 Å². The normalized spacial score (nSPS) is 12.3. The fraction of sp³-hybridized carbons (Fsp3) is 0.188. The van der Waals surface area contributed by atoms with Gasteiger partial charge in [0.25, 0.3) is 5.56 Å². The van der Waals surface area contributed by atoms with Crippen LogP contribution in [0, 0.1) is 6.92 Å². The third-order valence-electron chi connectivity index (χ3n) is 3.51. The zero-order valence-electron chi connectivity index (χ0n) is 12.5. The van der Waals surface area contributed by atoms with Crippen LogP contribution in [0.2, 0.25) is 5.02 Å². The SMILES string of the molecule is Cc1cc2c(=O)n(C(C)C(=O)Nc3ccc(Cl)cc3)cnc2s1. The molecule has 5 nitrogen and oxygen atoms in total. The van der Waals surface area contributed by atoms with E-state index in [4.69, 9.17) is 11.6 Å². The summed E-state index contributed by atoms with van der Waals surface area (Å²) in [7, 11) is 0. The Morgan fingerprint density at radius 2 is 2.04 bits per heavy atom. The number of nitrogens with one attached hydrogen (secondary N) is 1. The minimum absolute atomic E-state index is 0.210. The van der Waals surface area contributed by atoms with Gasteiger partial charge >= 0.3 is 0 Å². The molecule has 23 heavy (non-hydrogen) atoms. The number of benzene rings is 1. The lowest BCUT2D eigenvalue weighted by molar-refractivity contribution is -0.118. The number of hydrogen-bond donors (Lipinski definition) is 1. The van der Waals surface area contributed by atoms with Crippen LogP contribution in [0.3, 0.4) is 0 Å². The van der Waals surface area contributed by atoms with E-state index in [0.717, 1.165) is 4.88 Å². The molecule has 1 N–H and O–H groups in total. The molecule has 2 heterocycles. The lowest BCUT2D eigenvalue weighted by Crippen LogP contribution is -2.31. The summed E-state index contributed by atoms with van der Waals surface area (Å²) in [4.78, 5) is 30.9. The third kappa shape index (κ3) is 3.13. The van der Waals surface area contributed by atoms with Crippen molar-refractivity contribution < 1.29 is 4.79 Å². The van der Waals surface area contributed by atoms with Gasteiger partial charge in [0.2, 0.25) is 5.91 Å². The molecule has 0 saturated heterocycles. The standard InChI is InChI=1S/C16H14ClN3O2S/c1-9-7-13-15(23-9)18-8-20(16(13)22)10(2)14(21)19-12-5-3-11(17)4-6-12/h3-8,10H,1-2H3,(H,19,21). The van der Waals surface area contributed by atoms with E-state index in [-0.39, 0.29) is 11.5 Å². The van der Waals surface area contributed by atoms with Crippen LogP contribution in [0.25, 0.3) is 10.2 Å². The molecule has 0 spiro atoms. The average Bonchev–Trinajstić information content (AvgIpc) is 2.91. The van der Waals surface area contributed by atoms with Crippen LogP contribution in [-0.2, 0) is 4.79 Å². The van der Waals surface area contributed by atoms with Crippen molar-refractivity contribution in [3.8, 4) is 0 Å². The zero-order chi connectivity index (χ0) is 16.6. The molecular weight excluding hydrogens is 334 g/mol. The van der Waals surface area contributed by atoms with Crippen LogP contribution < -0.4 is 10.9 Å². The maximum Gasteiger partial charge on any atom is 0.262 e. The van der Waals surface area contributed by atoms with Crippen molar-refractivity contribution in [2.45, 2.75) is 19.9 Å². The number of amides is 1. The van der Waals surface area contributed by atoms with Crippen molar-refractivity contribution in [3.63, 3.8) is 0 Å². The zero-order valence-corrected chi connectivity index (χ0v) is 14.1. The molecular formula is C16H14ClN3O2S. The molecule has 1 unspecified atom stereocenters. The quantitative estimate of drug-likeness (QED) is 0.787. The van der Waals surface area contributed by atoms with Crippen molar-refractivity contribution in [1.82, 2.24) is 9.55 Å². The van der Waals surface area contributed by atoms with E-state index in [1.807, 2.05) is 6.92 Å². The number of hydrogen-bond acceptors (Lipinski definition) is 4. The lowest BCUT2D eigenvalue weighted by Gasteiger charge is -2.14. The number of aromatic nitrogens is 2. The second-order valence-electron chi connectivity index (χ2n) is 5.20. The minimum atomic E-state index is -0.671. The van der Waals surface area contributed by atoms with Crippen LogP contribution in [0.5, 0.6) is 0 Å². The van der Waals surface area contributed by atoms with Gasteiger partial charge in [0.15, 0.2) is 0 Å². The van der Waals surface area contributed by atoms with E-state index in [1.54, 1.807) is 37.3 Å². The van der Waals surface area contributed by atoms with Crippen LogP contribution in [0.15, 0.2) is 41.5 Å². The summed E-state index contributed by atoms with van der Waals surface area (Å²) in [5, 5.41) is 3.90. The van der Waals surface area contributed by atoms with Gasteiger partial charge in [-0.3, -0.25) is 14.2 Å². The predicted octanol–water partition coefficient (Wildman–Crippen LogP) is 3.62. The summed E-state index contributed by atoms with van der Waals surface area (Å²) >= 11 is 7.28. The van der Waals surface area contributed by atoms with E-state index in [2.05, 4.69) is 10.3 Å². The first kappa shape index (κ1) is 15.7. The smallest absolute Gasteiger partial charge is 0.262 e. The summed E-state index contributed by atoms with van der Waals surface area (Å²) in [5.41, 5.74) is 0.415. The molecule has 1 aromatic carbocycles. The van der Waals surface area contributed by atoms with Crippen molar-refractivity contribution in [3.05, 3.63) is 56.9 Å². The van der Waals surface area contributed by atoms with Crippen LogP contribution >= 0.6 is 22.9 Å². The summed E-state index contributed by atoms with van der Waals surface area (Å²) in [6, 6.07) is 7.93. The second-order valence-corrected chi connectivity index (χ2v) is 6.88. The van der Waals surface area contributed by atoms with Gasteiger partial charge < -0.3 is 5.32 Å². The van der Waals surface area contributed by atoms with Crippen LogP contribution in [0.1, 0.15) is 17.8 Å². The number of carbonyl (C=O) groups excluding carboxylic acids is 1. The Labute approximate surface area is 141 Å². The van der Waals surface area contributed by atoms with E-state index in [1.165, 1.54) is 22.2 Å². The molecule has 1 atom stereocenters. The molecule has 0 aliphatic heterocycles. The van der Waals surface area contributed by atoms with Crippen molar-refractivity contribution in [1.29, 1.82) is 0 Å². The number of carbonyl (C=O) groups is 1. The Balaban J connectivity index is 1.88. The molecule has 0 saturated carbocycles. The Kier molecular flexibility index (Phi) is 4.19. The monoisotopic (exact) mass is 347 g/mol. The van der Waals surface area contributed by atoms with Gasteiger partial charge in [-0.05, 0) is 44.2 Å². The Hall–Kier alpha value is -2.18. The highest BCUT2D eigenvalue weighted by Crippen LogP contribution is 2.20. The first-order valence-electron chi connectivity index (χ1n) is 6.99. The summed E-state index contributed by atoms with van der Waals surface area (Å²) in [6.07, 6.45) is 1.42. The number of anilines is 1. The minimum Gasteiger partial charge on any atom is -0.324 e. The Morgan fingerprint density at radius 1 is 1.35 bits per heavy atom. The van der Waals surface area contributed by atoms with Gasteiger partial charge in [-0.2, -0.15) is 0 Å². The molecule has 3 rings (SSSR count). The van der Waals surface area contributed by atoms with Crippen molar-refractivity contribution in [2.75, 3.05) is 5.32 Å². The summed E-state index contributed by atoms with van der Waals surface area (Å²) < 4.78 is 1.35. The molecule has 7 heteroatoms. The Bertz CT molecular complexity index is 931. The van der Waals surface area contributed by atoms with E-state index >= 15 is 0 Å². The number of rotatable bonds is 3. The molecule has 118 valence electrons. The topological polar surface area (TPSA) is 64.0 Å². The second kappa shape index (κ2) is 6.14. The summed E-state index contributed by atoms with van der Waals surface area (Å²) in [5.74, 6) is -0.289. The van der Waals surface area contributed by atoms with Gasteiger partial charge in [-0.25, -0.2) is 4.98 Å². The van der Waals surface area contributed by atoms with Gasteiger partial charge in [0.1, 0.15) is 10.9 Å². The first-order chi connectivity index (χ1) is 11.0. The van der Waals surface area contributed by atoms with Gasteiger partial charge in [-0.1, -0.05) is 11.6 Å². The van der Waals surface area contributed by atoms with Crippen molar-refractivity contribution in [2.24, 2.45) is 0 Å². The third-order valence-corrected chi connectivity index (χ3v) is 4.72. The molecule has 0 aliphatic carbocycles. The summed E-state index contributed by atoms with van der Waals surface area (Å²) in [6.45, 7) is 3.59. The number of nitrogens with zero attached hydrogens (tertiary/aromatic N) is 2. The number of thiophene rings is 1. The molecule has 0 aliphatic rings. The number of halogens is 1. The molecule has 3 aromatic rings. The number of aryl methyl sites for hydroxylation is 1. The highest BCUT2D eigenvalue weighted by atomic mass is 35.5. The average molecular weight is 348 g/mol. The molecule has 2 aromatic heterocycles. The number of fused-ring (bicyclic) bond motifs is 1.